The van der Waals surface area contributed by atoms with Crippen LogP contribution in [0.3, 0.4) is 0 Å². The van der Waals surface area contributed by atoms with Gasteiger partial charge in [-0.1, -0.05) is 0 Å². The minimum absolute atomic E-state index is 0.0799. The molecule has 3 rings (SSSR count). The van der Waals surface area contributed by atoms with Crippen LogP contribution in [-0.2, 0) is 4.74 Å². The van der Waals surface area contributed by atoms with Gasteiger partial charge in [-0.25, -0.2) is 9.78 Å². The number of rotatable bonds is 2. The van der Waals surface area contributed by atoms with Gasteiger partial charge in [0.15, 0.2) is 6.39 Å². The number of alkyl halides is 6. The van der Waals surface area contributed by atoms with Crippen LogP contribution in [0.5, 0.6) is 0 Å². The highest BCUT2D eigenvalue weighted by Crippen LogP contribution is 2.40. The average molecular weight is 443 g/mol. The normalized spacial score (nSPS) is 19.6. The van der Waals surface area contributed by atoms with E-state index in [4.69, 9.17) is 4.42 Å². The van der Waals surface area contributed by atoms with Gasteiger partial charge in [-0.2, -0.15) is 26.3 Å². The summed E-state index contributed by atoms with van der Waals surface area (Å²) in [5, 5.41) is 0. The summed E-state index contributed by atoms with van der Waals surface area (Å²) >= 11 is 0. The van der Waals surface area contributed by atoms with Gasteiger partial charge in [0.25, 0.3) is 12.0 Å². The van der Waals surface area contributed by atoms with E-state index in [0.29, 0.717) is 25.1 Å². The number of amides is 2. The smallest absolute Gasteiger partial charge is 0.434 e. The number of hydrogen-bond donors (Lipinski definition) is 0. The molecule has 1 spiro atoms. The summed E-state index contributed by atoms with van der Waals surface area (Å²) in [6.07, 6.45) is -14.6. The molecule has 2 fully saturated rings. The lowest BCUT2D eigenvalue weighted by Gasteiger charge is -2.44. The first kappa shape index (κ1) is 22.2. The van der Waals surface area contributed by atoms with Crippen molar-refractivity contribution in [1.29, 1.82) is 0 Å². The van der Waals surface area contributed by atoms with Gasteiger partial charge >= 0.3 is 18.4 Å². The predicted octanol–water partition coefficient (Wildman–Crippen LogP) is 3.68. The van der Waals surface area contributed by atoms with Gasteiger partial charge in [-0.3, -0.25) is 4.79 Å². The zero-order valence-corrected chi connectivity index (χ0v) is 15.8. The van der Waals surface area contributed by atoms with Gasteiger partial charge in [0.05, 0.1) is 5.69 Å². The second kappa shape index (κ2) is 7.65. The Kier molecular flexibility index (Phi) is 5.67. The number of ether oxygens (including phenoxy) is 1. The molecule has 0 aromatic carbocycles. The van der Waals surface area contributed by atoms with Crippen molar-refractivity contribution in [2.75, 3.05) is 19.6 Å². The lowest BCUT2D eigenvalue weighted by atomic mass is 9.85. The predicted molar refractivity (Wildman–Crippen MR) is 87.4 cm³/mol. The van der Waals surface area contributed by atoms with Crippen LogP contribution in [0, 0.1) is 6.92 Å². The first-order valence-corrected chi connectivity index (χ1v) is 9.16. The zero-order valence-electron chi connectivity index (χ0n) is 15.8. The Morgan fingerprint density at radius 3 is 2.20 bits per heavy atom. The Bertz CT molecular complexity index is 784. The van der Waals surface area contributed by atoms with Gasteiger partial charge in [0.1, 0.15) is 0 Å². The van der Waals surface area contributed by atoms with E-state index in [2.05, 4.69) is 9.72 Å². The van der Waals surface area contributed by atoms with E-state index in [1.54, 1.807) is 11.8 Å². The number of aromatic nitrogens is 1. The second-order valence-corrected chi connectivity index (χ2v) is 7.39. The first-order chi connectivity index (χ1) is 13.8. The van der Waals surface area contributed by atoms with Crippen LogP contribution in [0.15, 0.2) is 10.8 Å². The SMILES string of the molecule is Cc1ncoc1C(=O)N1CCCC12CCN(C(=O)OC(C(F)(F)F)C(F)(F)F)CC2. The van der Waals surface area contributed by atoms with Crippen LogP contribution in [0.2, 0.25) is 0 Å². The molecule has 3 heterocycles. The van der Waals surface area contributed by atoms with E-state index in [9.17, 15) is 35.9 Å². The quantitative estimate of drug-likeness (QED) is 0.652. The number of aryl methyl sites for hydroxylation is 1. The highest BCUT2D eigenvalue weighted by atomic mass is 19.4. The number of hydrogen-bond acceptors (Lipinski definition) is 5. The van der Waals surface area contributed by atoms with Crippen molar-refractivity contribution < 1.29 is 45.1 Å². The topological polar surface area (TPSA) is 75.9 Å². The fourth-order valence-electron chi connectivity index (χ4n) is 4.01. The number of piperidine rings is 1. The molecule has 0 aliphatic carbocycles. The van der Waals surface area contributed by atoms with Gasteiger partial charge in [0.2, 0.25) is 5.76 Å². The van der Waals surface area contributed by atoms with Crippen molar-refractivity contribution in [3.05, 3.63) is 17.8 Å². The Balaban J connectivity index is 1.67. The first-order valence-electron chi connectivity index (χ1n) is 9.16. The Morgan fingerprint density at radius 2 is 1.70 bits per heavy atom. The maximum Gasteiger partial charge on any atom is 0.434 e. The molecule has 7 nitrogen and oxygen atoms in total. The summed E-state index contributed by atoms with van der Waals surface area (Å²) in [5.41, 5.74) is -0.242. The second-order valence-electron chi connectivity index (χ2n) is 7.39. The van der Waals surface area contributed by atoms with Crippen LogP contribution in [0.1, 0.15) is 41.9 Å². The number of oxazole rings is 1. The molecule has 2 aliphatic rings. The van der Waals surface area contributed by atoms with Crippen LogP contribution in [0.4, 0.5) is 31.1 Å². The molecule has 1 aromatic heterocycles. The zero-order chi connectivity index (χ0) is 22.3. The molecule has 0 radical (unpaired) electrons. The monoisotopic (exact) mass is 443 g/mol. The molecule has 2 aliphatic heterocycles. The fraction of sp³-hybridized carbons (Fsp3) is 0.706. The van der Waals surface area contributed by atoms with E-state index in [1.165, 1.54) is 0 Å². The molecule has 168 valence electrons. The molecule has 30 heavy (non-hydrogen) atoms. The molecule has 2 saturated heterocycles. The number of carbonyl (C=O) groups excluding carboxylic acids is 2. The number of nitrogens with zero attached hydrogens (tertiary/aromatic N) is 3. The molecule has 0 atom stereocenters. The summed E-state index contributed by atoms with van der Waals surface area (Å²) in [4.78, 5) is 31.0. The lowest BCUT2D eigenvalue weighted by Crippen LogP contribution is -2.56. The van der Waals surface area contributed by atoms with Gasteiger partial charge in [0, 0.05) is 25.2 Å². The molecule has 0 saturated carbocycles. The maximum absolute atomic E-state index is 12.8. The van der Waals surface area contributed by atoms with Crippen LogP contribution < -0.4 is 0 Å². The van der Waals surface area contributed by atoms with Crippen molar-refractivity contribution in [2.24, 2.45) is 0 Å². The van der Waals surface area contributed by atoms with Crippen molar-refractivity contribution in [2.45, 2.75) is 56.6 Å². The van der Waals surface area contributed by atoms with Crippen molar-refractivity contribution in [3.63, 3.8) is 0 Å². The third-order valence-electron chi connectivity index (χ3n) is 5.55. The maximum atomic E-state index is 12.8. The molecule has 0 unspecified atom stereocenters. The number of carbonyl (C=O) groups is 2. The fourth-order valence-corrected chi connectivity index (χ4v) is 4.01. The van der Waals surface area contributed by atoms with Crippen molar-refractivity contribution >= 4 is 12.0 Å². The third kappa shape index (κ3) is 4.19. The minimum Gasteiger partial charge on any atom is -0.438 e. The minimum atomic E-state index is -5.77. The summed E-state index contributed by atoms with van der Waals surface area (Å²) in [6.45, 7) is 1.75. The Hall–Kier alpha value is -2.47. The molecule has 13 heteroatoms. The number of likely N-dealkylation sites (tertiary alicyclic amines) is 2. The highest BCUT2D eigenvalue weighted by Gasteiger charge is 2.60. The van der Waals surface area contributed by atoms with Crippen LogP contribution >= 0.6 is 0 Å². The summed E-state index contributed by atoms with van der Waals surface area (Å²) in [7, 11) is 0. The average Bonchev–Trinajstić information content (AvgIpc) is 3.24. The van der Waals surface area contributed by atoms with E-state index < -0.39 is 30.1 Å². The van der Waals surface area contributed by atoms with Gasteiger partial charge in [-0.15, -0.1) is 0 Å². The van der Waals surface area contributed by atoms with Gasteiger partial charge < -0.3 is 19.0 Å². The van der Waals surface area contributed by atoms with Gasteiger partial charge in [-0.05, 0) is 32.6 Å². The standard InChI is InChI=1S/C17H19F6N3O4/c1-10-11(29-9-24-10)12(27)26-6-2-3-15(26)4-7-25(8-5-15)14(28)30-13(16(18,19)20)17(21,22)23/h9,13H,2-8H2,1H3. The Labute approximate surface area is 166 Å². The molecule has 2 amide bonds. The molecular weight excluding hydrogens is 424 g/mol. The largest absolute Gasteiger partial charge is 0.438 e. The molecule has 1 aromatic rings. The molecule has 0 N–H and O–H groups in total. The lowest BCUT2D eigenvalue weighted by molar-refractivity contribution is -0.308. The number of halogens is 6. The van der Waals surface area contributed by atoms with E-state index in [0.717, 1.165) is 11.3 Å². The van der Waals surface area contributed by atoms with E-state index >= 15 is 0 Å². The molecular formula is C17H19F6N3O4. The van der Waals surface area contributed by atoms with Crippen molar-refractivity contribution in [1.82, 2.24) is 14.8 Å². The van der Waals surface area contributed by atoms with E-state index in [1.807, 2.05) is 0 Å². The third-order valence-corrected chi connectivity index (χ3v) is 5.55. The molecule has 0 bridgehead atoms. The van der Waals surface area contributed by atoms with E-state index in [-0.39, 0.29) is 37.6 Å². The summed E-state index contributed by atoms with van der Waals surface area (Å²) < 4.78 is 84.6. The Morgan fingerprint density at radius 1 is 1.10 bits per heavy atom. The highest BCUT2D eigenvalue weighted by molar-refractivity contribution is 5.93. The summed E-state index contributed by atoms with van der Waals surface area (Å²) in [6, 6.07) is 0. The van der Waals surface area contributed by atoms with Crippen LogP contribution in [0.25, 0.3) is 0 Å². The van der Waals surface area contributed by atoms with Crippen molar-refractivity contribution in [3.8, 4) is 0 Å². The summed E-state index contributed by atoms with van der Waals surface area (Å²) in [5.74, 6) is -0.302. The van der Waals surface area contributed by atoms with Crippen LogP contribution in [-0.4, -0.2) is 70.4 Å².